The van der Waals surface area contributed by atoms with E-state index in [2.05, 4.69) is 11.9 Å². The Labute approximate surface area is 110 Å². The van der Waals surface area contributed by atoms with Gasteiger partial charge in [0.1, 0.15) is 0 Å². The smallest absolute Gasteiger partial charge is 0.225 e. The van der Waals surface area contributed by atoms with Crippen LogP contribution in [-0.2, 0) is 9.53 Å². The fourth-order valence-electron chi connectivity index (χ4n) is 2.34. The first kappa shape index (κ1) is 15.4. The average Bonchev–Trinajstić information content (AvgIpc) is 2.57. The number of likely N-dealkylation sites (N-methyl/N-ethyl adjacent to an activating group) is 2. The van der Waals surface area contributed by atoms with Gasteiger partial charge in [0.2, 0.25) is 5.91 Å². The van der Waals surface area contributed by atoms with Crippen molar-refractivity contribution in [3.8, 4) is 0 Å². The maximum absolute atomic E-state index is 11.9. The van der Waals surface area contributed by atoms with E-state index in [0.29, 0.717) is 12.6 Å². The van der Waals surface area contributed by atoms with Crippen LogP contribution >= 0.6 is 0 Å². The molecule has 2 atom stereocenters. The van der Waals surface area contributed by atoms with Gasteiger partial charge in [-0.2, -0.15) is 0 Å². The van der Waals surface area contributed by atoms with Crippen LogP contribution in [0.2, 0.25) is 0 Å². The van der Waals surface area contributed by atoms with Gasteiger partial charge in [-0.3, -0.25) is 9.69 Å². The van der Waals surface area contributed by atoms with Crippen LogP contribution in [0.1, 0.15) is 26.7 Å². The number of rotatable bonds is 5. The predicted octanol–water partition coefficient (Wildman–Crippen LogP) is 0.325. The van der Waals surface area contributed by atoms with Crippen molar-refractivity contribution in [2.45, 2.75) is 44.4 Å². The molecule has 1 fully saturated rings. The fourth-order valence-corrected chi connectivity index (χ4v) is 2.34. The molecule has 5 nitrogen and oxygen atoms in total. The van der Waals surface area contributed by atoms with E-state index in [1.54, 1.807) is 32.9 Å². The third-order valence-electron chi connectivity index (χ3n) is 3.48. The lowest BCUT2D eigenvalue weighted by molar-refractivity contribution is -0.134. The molecule has 0 aromatic heterocycles. The number of ether oxygens (including phenoxy) is 1. The lowest BCUT2D eigenvalue weighted by Gasteiger charge is -2.27. The zero-order valence-corrected chi connectivity index (χ0v) is 12.1. The van der Waals surface area contributed by atoms with Crippen LogP contribution in [0.4, 0.5) is 0 Å². The molecule has 0 aliphatic carbocycles. The molecule has 0 spiro atoms. The molecular weight excluding hydrogens is 232 g/mol. The molecule has 1 aliphatic rings. The van der Waals surface area contributed by atoms with Gasteiger partial charge in [-0.05, 0) is 27.3 Å². The number of carbonyl (C=O) groups is 1. The molecule has 1 saturated heterocycles. The summed E-state index contributed by atoms with van der Waals surface area (Å²) < 4.78 is 5.35. The Bertz CT molecular complexity index is 288. The Balaban J connectivity index is 2.45. The van der Waals surface area contributed by atoms with Gasteiger partial charge < -0.3 is 14.7 Å². The molecule has 0 aromatic carbocycles. The predicted molar refractivity (Wildman–Crippen MR) is 70.4 cm³/mol. The molecule has 1 amide bonds. The van der Waals surface area contributed by atoms with Crippen LogP contribution in [0.5, 0.6) is 0 Å². The quantitative estimate of drug-likeness (QED) is 0.772. The lowest BCUT2D eigenvalue weighted by Crippen LogP contribution is -2.41. The van der Waals surface area contributed by atoms with Crippen molar-refractivity contribution in [1.82, 2.24) is 9.80 Å². The normalized spacial score (nSPS) is 25.4. The Kier molecular flexibility index (Phi) is 5.13. The second-order valence-electron chi connectivity index (χ2n) is 5.95. The van der Waals surface area contributed by atoms with Crippen LogP contribution in [0.25, 0.3) is 0 Å². The van der Waals surface area contributed by atoms with E-state index in [1.165, 1.54) is 0 Å². The molecule has 1 N–H and O–H groups in total. The SMILES string of the molecule is CO[C@H]1C[C@@H](CN(C)C(=O)CC(C)(C)O)N(C)C1. The van der Waals surface area contributed by atoms with Crippen LogP contribution in [0.15, 0.2) is 0 Å². The number of amides is 1. The van der Waals surface area contributed by atoms with E-state index >= 15 is 0 Å². The second-order valence-corrected chi connectivity index (χ2v) is 5.95. The van der Waals surface area contributed by atoms with Gasteiger partial charge in [0, 0.05) is 33.3 Å². The van der Waals surface area contributed by atoms with Crippen molar-refractivity contribution in [3.05, 3.63) is 0 Å². The molecule has 1 aliphatic heterocycles. The molecule has 0 aromatic rings. The number of carbonyl (C=O) groups excluding carboxylic acids is 1. The van der Waals surface area contributed by atoms with Crippen LogP contribution in [-0.4, -0.2) is 72.9 Å². The van der Waals surface area contributed by atoms with Gasteiger partial charge >= 0.3 is 0 Å². The van der Waals surface area contributed by atoms with E-state index < -0.39 is 5.60 Å². The average molecular weight is 258 g/mol. The number of aliphatic hydroxyl groups is 1. The molecular formula is C13H26N2O3. The number of methoxy groups -OCH3 is 1. The minimum absolute atomic E-state index is 0.0169. The van der Waals surface area contributed by atoms with Gasteiger partial charge in [0.25, 0.3) is 0 Å². The summed E-state index contributed by atoms with van der Waals surface area (Å²) in [4.78, 5) is 15.9. The van der Waals surface area contributed by atoms with Crippen molar-refractivity contribution >= 4 is 5.91 Å². The van der Waals surface area contributed by atoms with Crippen LogP contribution in [0, 0.1) is 0 Å². The highest BCUT2D eigenvalue weighted by molar-refractivity contribution is 5.76. The minimum atomic E-state index is -0.942. The van der Waals surface area contributed by atoms with Gasteiger partial charge in [-0.25, -0.2) is 0 Å². The summed E-state index contributed by atoms with van der Waals surface area (Å²) >= 11 is 0. The third-order valence-corrected chi connectivity index (χ3v) is 3.48. The molecule has 18 heavy (non-hydrogen) atoms. The summed E-state index contributed by atoms with van der Waals surface area (Å²) in [5.41, 5.74) is -0.942. The summed E-state index contributed by atoms with van der Waals surface area (Å²) in [5, 5.41) is 9.65. The number of hydrogen-bond donors (Lipinski definition) is 1. The minimum Gasteiger partial charge on any atom is -0.390 e. The topological polar surface area (TPSA) is 53.0 Å². The Morgan fingerprint density at radius 2 is 2.17 bits per heavy atom. The Hall–Kier alpha value is -0.650. The molecule has 5 heteroatoms. The van der Waals surface area contributed by atoms with Crippen molar-refractivity contribution < 1.29 is 14.6 Å². The molecule has 0 bridgehead atoms. The van der Waals surface area contributed by atoms with Gasteiger partial charge in [0.05, 0.1) is 18.1 Å². The van der Waals surface area contributed by atoms with E-state index in [1.807, 2.05) is 0 Å². The summed E-state index contributed by atoms with van der Waals surface area (Å²) in [6.45, 7) is 4.91. The van der Waals surface area contributed by atoms with Crippen LogP contribution < -0.4 is 0 Å². The zero-order chi connectivity index (χ0) is 13.9. The highest BCUT2D eigenvalue weighted by atomic mass is 16.5. The van der Waals surface area contributed by atoms with Crippen LogP contribution in [0.3, 0.4) is 0 Å². The fraction of sp³-hybridized carbons (Fsp3) is 0.923. The maximum Gasteiger partial charge on any atom is 0.225 e. The van der Waals surface area contributed by atoms with Crippen molar-refractivity contribution in [3.63, 3.8) is 0 Å². The van der Waals surface area contributed by atoms with E-state index in [-0.39, 0.29) is 18.4 Å². The standard InChI is InChI=1S/C13H26N2O3/c1-13(2,17)7-12(16)15(4)8-10-6-11(18-5)9-14(10)3/h10-11,17H,6-9H2,1-5H3/t10-,11-/m0/s1. The molecule has 1 rings (SSSR count). The van der Waals surface area contributed by atoms with Gasteiger partial charge in [0.15, 0.2) is 0 Å². The van der Waals surface area contributed by atoms with Gasteiger partial charge in [-0.15, -0.1) is 0 Å². The van der Waals surface area contributed by atoms with E-state index in [9.17, 15) is 9.90 Å². The van der Waals surface area contributed by atoms with Crippen molar-refractivity contribution in [2.75, 3.05) is 34.3 Å². The third kappa shape index (κ3) is 4.55. The second kappa shape index (κ2) is 5.99. The molecule has 0 saturated carbocycles. The number of likely N-dealkylation sites (tertiary alicyclic amines) is 1. The van der Waals surface area contributed by atoms with E-state index in [4.69, 9.17) is 4.74 Å². The highest BCUT2D eigenvalue weighted by Gasteiger charge is 2.31. The highest BCUT2D eigenvalue weighted by Crippen LogP contribution is 2.19. The zero-order valence-electron chi connectivity index (χ0n) is 12.1. The van der Waals surface area contributed by atoms with Gasteiger partial charge in [-0.1, -0.05) is 0 Å². The van der Waals surface area contributed by atoms with E-state index in [0.717, 1.165) is 13.0 Å². The van der Waals surface area contributed by atoms with Crippen molar-refractivity contribution in [1.29, 1.82) is 0 Å². The molecule has 0 unspecified atom stereocenters. The Morgan fingerprint density at radius 1 is 1.56 bits per heavy atom. The monoisotopic (exact) mass is 258 g/mol. The maximum atomic E-state index is 11.9. The first-order valence-corrected chi connectivity index (χ1v) is 6.42. The first-order valence-electron chi connectivity index (χ1n) is 6.42. The lowest BCUT2D eigenvalue weighted by atomic mass is 10.0. The number of hydrogen-bond acceptors (Lipinski definition) is 4. The Morgan fingerprint density at radius 3 is 2.61 bits per heavy atom. The summed E-state index contributed by atoms with van der Waals surface area (Å²) in [5.74, 6) is -0.0169. The molecule has 0 radical (unpaired) electrons. The molecule has 1 heterocycles. The summed E-state index contributed by atoms with van der Waals surface area (Å²) in [6, 6.07) is 0.339. The number of nitrogens with zero attached hydrogens (tertiary/aromatic N) is 2. The summed E-state index contributed by atoms with van der Waals surface area (Å²) in [6.07, 6.45) is 1.37. The summed E-state index contributed by atoms with van der Waals surface area (Å²) in [7, 11) is 5.57. The van der Waals surface area contributed by atoms with Crippen molar-refractivity contribution in [2.24, 2.45) is 0 Å². The largest absolute Gasteiger partial charge is 0.390 e. The first-order chi connectivity index (χ1) is 8.23. The molecule has 106 valence electrons.